The van der Waals surface area contributed by atoms with Gasteiger partial charge in [-0.3, -0.25) is 0 Å². The van der Waals surface area contributed by atoms with E-state index in [4.69, 9.17) is 4.74 Å². The maximum Gasteiger partial charge on any atom is 0.122 e. The normalized spacial score (nSPS) is 9.95. The third-order valence-electron chi connectivity index (χ3n) is 3.26. The molecule has 3 nitrogen and oxygen atoms in total. The van der Waals surface area contributed by atoms with Gasteiger partial charge in [0, 0.05) is 11.4 Å². The molecule has 0 amide bonds. The van der Waals surface area contributed by atoms with E-state index in [2.05, 4.69) is 17.5 Å². The molecular weight excluding hydrogens is 280 g/mol. The predicted molar refractivity (Wildman–Crippen MR) is 88.1 cm³/mol. The van der Waals surface area contributed by atoms with Gasteiger partial charge in [-0.15, -0.1) is 11.8 Å². The molecule has 0 saturated carbocycles. The Labute approximate surface area is 129 Å². The zero-order valence-corrected chi connectivity index (χ0v) is 13.0. The first-order valence-corrected chi connectivity index (χ1v) is 7.95. The zero-order chi connectivity index (χ0) is 15.1. The van der Waals surface area contributed by atoms with Crippen molar-refractivity contribution in [1.82, 2.24) is 0 Å². The zero-order valence-electron chi connectivity index (χ0n) is 12.2. The highest BCUT2D eigenvalue weighted by Gasteiger charge is 2.07. The molecule has 0 unspecified atom stereocenters. The minimum atomic E-state index is 0.713. The molecule has 108 valence electrons. The molecule has 0 fully saturated rings. The first-order valence-electron chi connectivity index (χ1n) is 6.73. The fourth-order valence-corrected chi connectivity index (χ4v) is 2.78. The smallest absolute Gasteiger partial charge is 0.122 e. The van der Waals surface area contributed by atoms with E-state index in [1.54, 1.807) is 18.9 Å². The van der Waals surface area contributed by atoms with Gasteiger partial charge in [0.2, 0.25) is 0 Å². The molecule has 0 bridgehead atoms. The number of anilines is 1. The summed E-state index contributed by atoms with van der Waals surface area (Å²) in [6.07, 6.45) is 2.83. The lowest BCUT2D eigenvalue weighted by molar-refractivity contribution is 0.410. The van der Waals surface area contributed by atoms with Gasteiger partial charge in [-0.05, 0) is 36.4 Å². The summed E-state index contributed by atoms with van der Waals surface area (Å²) in [6.45, 7) is 0.757. The Balaban J connectivity index is 2.06. The van der Waals surface area contributed by atoms with E-state index in [1.807, 2.05) is 42.7 Å². The largest absolute Gasteiger partial charge is 0.496 e. The Hall–Kier alpha value is -2.12. The van der Waals surface area contributed by atoms with Gasteiger partial charge in [0.05, 0.1) is 18.4 Å². The maximum atomic E-state index is 9.31. The first kappa shape index (κ1) is 15.3. The lowest BCUT2D eigenvalue weighted by Crippen LogP contribution is -2.07. The van der Waals surface area contributed by atoms with Crippen LogP contribution in [-0.4, -0.2) is 19.9 Å². The van der Waals surface area contributed by atoms with E-state index in [0.717, 1.165) is 34.9 Å². The van der Waals surface area contributed by atoms with E-state index in [0.29, 0.717) is 5.56 Å². The van der Waals surface area contributed by atoms with Gasteiger partial charge in [-0.1, -0.05) is 24.3 Å². The van der Waals surface area contributed by atoms with Crippen LogP contribution in [0.1, 0.15) is 11.1 Å². The molecule has 1 N–H and O–H groups in total. The molecule has 2 aromatic rings. The molecule has 2 rings (SSSR count). The molecule has 0 aliphatic carbocycles. The third-order valence-corrected chi connectivity index (χ3v) is 4.04. The average Bonchev–Trinajstić information content (AvgIpc) is 2.54. The molecule has 0 heterocycles. The lowest BCUT2D eigenvalue weighted by atomic mass is 10.1. The average molecular weight is 298 g/mol. The molecule has 0 aliphatic rings. The van der Waals surface area contributed by atoms with Crippen LogP contribution in [0.5, 0.6) is 5.75 Å². The van der Waals surface area contributed by atoms with Gasteiger partial charge in [0.25, 0.3) is 0 Å². The number of ether oxygens (including phenoxy) is 1. The van der Waals surface area contributed by atoms with E-state index in [9.17, 15) is 5.26 Å². The molecule has 0 aliphatic heterocycles. The summed E-state index contributed by atoms with van der Waals surface area (Å²) in [5, 5.41) is 12.7. The van der Waals surface area contributed by atoms with Gasteiger partial charge >= 0.3 is 0 Å². The second-order valence-corrected chi connectivity index (χ2v) is 5.33. The highest BCUT2D eigenvalue weighted by molar-refractivity contribution is 7.98. The van der Waals surface area contributed by atoms with Gasteiger partial charge < -0.3 is 10.1 Å². The molecule has 0 radical (unpaired) electrons. The topological polar surface area (TPSA) is 45.0 Å². The van der Waals surface area contributed by atoms with Crippen molar-refractivity contribution in [3.05, 3.63) is 53.6 Å². The second-order valence-electron chi connectivity index (χ2n) is 4.48. The monoisotopic (exact) mass is 298 g/mol. The van der Waals surface area contributed by atoms with Gasteiger partial charge in [0.15, 0.2) is 0 Å². The Morgan fingerprint density at radius 1 is 1.19 bits per heavy atom. The van der Waals surface area contributed by atoms with Crippen LogP contribution in [-0.2, 0) is 6.42 Å². The summed E-state index contributed by atoms with van der Waals surface area (Å²) in [7, 11) is 1.68. The van der Waals surface area contributed by atoms with Crippen molar-refractivity contribution in [3.63, 3.8) is 0 Å². The molecule has 0 aromatic heterocycles. The molecule has 2 aromatic carbocycles. The van der Waals surface area contributed by atoms with Crippen molar-refractivity contribution < 1.29 is 4.74 Å². The van der Waals surface area contributed by atoms with E-state index in [1.165, 1.54) is 0 Å². The number of hydrogen-bond acceptors (Lipinski definition) is 4. The number of nitrogens with zero attached hydrogens (tertiary/aromatic N) is 1. The summed E-state index contributed by atoms with van der Waals surface area (Å²) in [5.74, 6) is 0.901. The van der Waals surface area contributed by atoms with Crippen LogP contribution in [0.3, 0.4) is 0 Å². The van der Waals surface area contributed by atoms with Crippen molar-refractivity contribution in [2.75, 3.05) is 25.2 Å². The number of nitriles is 1. The Morgan fingerprint density at radius 3 is 2.71 bits per heavy atom. The van der Waals surface area contributed by atoms with Gasteiger partial charge in [0.1, 0.15) is 11.8 Å². The number of methoxy groups -OCH3 is 1. The van der Waals surface area contributed by atoms with Crippen LogP contribution >= 0.6 is 11.8 Å². The summed E-state index contributed by atoms with van der Waals surface area (Å²) < 4.78 is 5.35. The van der Waals surface area contributed by atoms with Crippen molar-refractivity contribution >= 4 is 17.4 Å². The maximum absolute atomic E-state index is 9.31. The molecule has 0 saturated heterocycles. The van der Waals surface area contributed by atoms with Crippen molar-refractivity contribution in [3.8, 4) is 11.8 Å². The third kappa shape index (κ3) is 3.71. The lowest BCUT2D eigenvalue weighted by Gasteiger charge is -2.12. The summed E-state index contributed by atoms with van der Waals surface area (Å²) in [6, 6.07) is 16.2. The molecule has 4 heteroatoms. The quantitative estimate of drug-likeness (QED) is 0.820. The van der Waals surface area contributed by atoms with Crippen LogP contribution in [0.2, 0.25) is 0 Å². The fourth-order valence-electron chi connectivity index (χ4n) is 2.21. The first-order chi connectivity index (χ1) is 10.3. The van der Waals surface area contributed by atoms with Gasteiger partial charge in [-0.2, -0.15) is 5.26 Å². The van der Waals surface area contributed by atoms with Crippen LogP contribution in [0, 0.1) is 11.3 Å². The Morgan fingerprint density at radius 2 is 2.00 bits per heavy atom. The SMILES string of the molecule is COc1ccccc1CCNc1cccc(SC)c1C#N. The molecule has 0 spiro atoms. The summed E-state index contributed by atoms with van der Waals surface area (Å²) >= 11 is 1.59. The minimum Gasteiger partial charge on any atom is -0.496 e. The van der Waals surface area contributed by atoms with Crippen molar-refractivity contribution in [2.45, 2.75) is 11.3 Å². The minimum absolute atomic E-state index is 0.713. The summed E-state index contributed by atoms with van der Waals surface area (Å²) in [4.78, 5) is 1.000. The Kier molecular flexibility index (Phi) is 5.53. The fraction of sp³-hybridized carbons (Fsp3) is 0.235. The highest BCUT2D eigenvalue weighted by Crippen LogP contribution is 2.26. The number of hydrogen-bond donors (Lipinski definition) is 1. The van der Waals surface area contributed by atoms with Crippen LogP contribution in [0.15, 0.2) is 47.4 Å². The molecular formula is C17H18N2OS. The number of rotatable bonds is 6. The van der Waals surface area contributed by atoms with E-state index >= 15 is 0 Å². The van der Waals surface area contributed by atoms with Crippen LogP contribution in [0.4, 0.5) is 5.69 Å². The Bertz CT molecular complexity index is 649. The molecule has 21 heavy (non-hydrogen) atoms. The van der Waals surface area contributed by atoms with Crippen molar-refractivity contribution in [2.24, 2.45) is 0 Å². The van der Waals surface area contributed by atoms with E-state index in [-0.39, 0.29) is 0 Å². The number of thioether (sulfide) groups is 1. The standard InChI is InChI=1S/C17H18N2OS/c1-20-16-8-4-3-6-13(16)10-11-19-15-7-5-9-17(21-2)14(15)12-18/h3-9,19H,10-11H2,1-2H3. The van der Waals surface area contributed by atoms with Crippen molar-refractivity contribution in [1.29, 1.82) is 5.26 Å². The molecule has 0 atom stereocenters. The second kappa shape index (κ2) is 7.61. The highest BCUT2D eigenvalue weighted by atomic mass is 32.2. The number of para-hydroxylation sites is 1. The van der Waals surface area contributed by atoms with Crippen LogP contribution < -0.4 is 10.1 Å². The predicted octanol–water partition coefficient (Wildman–Crippen LogP) is 3.94. The summed E-state index contributed by atoms with van der Waals surface area (Å²) in [5.41, 5.74) is 2.76. The van der Waals surface area contributed by atoms with Gasteiger partial charge in [-0.25, -0.2) is 0 Å². The number of benzene rings is 2. The van der Waals surface area contributed by atoms with E-state index < -0.39 is 0 Å². The number of nitrogens with one attached hydrogen (secondary N) is 1. The van der Waals surface area contributed by atoms with Crippen LogP contribution in [0.25, 0.3) is 0 Å².